The van der Waals surface area contributed by atoms with Crippen LogP contribution < -0.4 is 10.6 Å². The van der Waals surface area contributed by atoms with Gasteiger partial charge in [0.2, 0.25) is 0 Å². The third-order valence-electron chi connectivity index (χ3n) is 3.95. The normalized spacial score (nSPS) is 17.6. The minimum atomic E-state index is -0.206. The molecule has 0 unspecified atom stereocenters. The van der Waals surface area contributed by atoms with E-state index in [0.29, 0.717) is 11.1 Å². The Morgan fingerprint density at radius 1 is 1.22 bits per heavy atom. The molecule has 0 radical (unpaired) electrons. The number of nitrogens with zero attached hydrogens (tertiary/aromatic N) is 1. The van der Waals surface area contributed by atoms with Crippen LogP contribution in [-0.4, -0.2) is 13.1 Å². The van der Waals surface area contributed by atoms with Crippen LogP contribution in [0.2, 0.25) is 0 Å². The van der Waals surface area contributed by atoms with Gasteiger partial charge in [-0.05, 0) is 31.0 Å². The second-order valence-corrected chi connectivity index (χ2v) is 5.56. The highest BCUT2D eigenvalue weighted by Gasteiger charge is 2.41. The predicted octanol–water partition coefficient (Wildman–Crippen LogP) is 3.81. The molecule has 0 amide bonds. The molecule has 18 heavy (non-hydrogen) atoms. The molecule has 3 heteroatoms. The van der Waals surface area contributed by atoms with Crippen LogP contribution in [-0.2, 0) is 0 Å². The zero-order valence-corrected chi connectivity index (χ0v) is 11.4. The first-order valence-electron chi connectivity index (χ1n) is 6.90. The van der Waals surface area contributed by atoms with E-state index >= 15 is 0 Å². The lowest BCUT2D eigenvalue weighted by atomic mass is 9.72. The fraction of sp³-hybridized carbons (Fsp3) is 0.600. The third kappa shape index (κ3) is 2.45. The van der Waals surface area contributed by atoms with Crippen molar-refractivity contribution >= 4 is 11.4 Å². The van der Waals surface area contributed by atoms with Gasteiger partial charge in [-0.1, -0.05) is 26.7 Å². The number of benzene rings is 1. The number of rotatable bonds is 5. The second kappa shape index (κ2) is 5.17. The number of anilines is 2. The molecule has 2 rings (SSSR count). The van der Waals surface area contributed by atoms with Crippen molar-refractivity contribution < 1.29 is 4.39 Å². The van der Waals surface area contributed by atoms with Gasteiger partial charge in [0.15, 0.2) is 0 Å². The molecule has 1 aromatic rings. The summed E-state index contributed by atoms with van der Waals surface area (Å²) in [5.41, 5.74) is 7.90. The van der Waals surface area contributed by atoms with Crippen molar-refractivity contribution in [2.75, 3.05) is 23.7 Å². The summed E-state index contributed by atoms with van der Waals surface area (Å²) < 4.78 is 13.3. The zero-order valence-electron chi connectivity index (χ0n) is 11.4. The Bertz CT molecular complexity index is 403. The molecule has 1 fully saturated rings. The molecule has 2 nitrogen and oxygen atoms in total. The highest BCUT2D eigenvalue weighted by Crippen LogP contribution is 2.43. The summed E-state index contributed by atoms with van der Waals surface area (Å²) in [6.45, 7) is 6.50. The SMILES string of the molecule is CCCC1(CCC)CN(c2cc(F)ccc2N)C1. The van der Waals surface area contributed by atoms with Crippen LogP contribution in [0.25, 0.3) is 0 Å². The maximum Gasteiger partial charge on any atom is 0.125 e. The van der Waals surface area contributed by atoms with Crippen LogP contribution in [0.3, 0.4) is 0 Å². The molecule has 100 valence electrons. The summed E-state index contributed by atoms with van der Waals surface area (Å²) in [6, 6.07) is 4.63. The number of nitrogens with two attached hydrogens (primary N) is 1. The maximum absolute atomic E-state index is 13.3. The van der Waals surface area contributed by atoms with Crippen molar-refractivity contribution in [2.24, 2.45) is 5.41 Å². The fourth-order valence-electron chi connectivity index (χ4n) is 3.23. The van der Waals surface area contributed by atoms with Crippen LogP contribution in [0.1, 0.15) is 39.5 Å². The first-order valence-corrected chi connectivity index (χ1v) is 6.90. The number of nitrogen functional groups attached to an aromatic ring is 1. The Morgan fingerprint density at radius 2 is 1.83 bits per heavy atom. The lowest BCUT2D eigenvalue weighted by molar-refractivity contribution is 0.173. The predicted molar refractivity (Wildman–Crippen MR) is 75.3 cm³/mol. The summed E-state index contributed by atoms with van der Waals surface area (Å²) in [5, 5.41) is 0. The standard InChI is InChI=1S/C15H23FN2/c1-3-7-15(8-4-2)10-18(11-15)14-9-12(16)5-6-13(14)17/h5-6,9H,3-4,7-8,10-11,17H2,1-2H3. The van der Waals surface area contributed by atoms with Crippen molar-refractivity contribution in [3.8, 4) is 0 Å². The van der Waals surface area contributed by atoms with E-state index in [0.717, 1.165) is 18.8 Å². The van der Waals surface area contributed by atoms with Crippen molar-refractivity contribution in [3.05, 3.63) is 24.0 Å². The van der Waals surface area contributed by atoms with Crippen molar-refractivity contribution in [1.29, 1.82) is 0 Å². The summed E-state index contributed by atoms with van der Waals surface area (Å²) in [7, 11) is 0. The fourth-order valence-corrected chi connectivity index (χ4v) is 3.23. The van der Waals surface area contributed by atoms with Crippen LogP contribution in [0, 0.1) is 11.2 Å². The van der Waals surface area contributed by atoms with Gasteiger partial charge in [0.25, 0.3) is 0 Å². The average molecular weight is 250 g/mol. The van der Waals surface area contributed by atoms with Gasteiger partial charge in [-0.15, -0.1) is 0 Å². The molecule has 1 aliphatic rings. The highest BCUT2D eigenvalue weighted by atomic mass is 19.1. The minimum absolute atomic E-state index is 0.206. The Hall–Kier alpha value is -1.25. The number of hydrogen-bond acceptors (Lipinski definition) is 2. The molecule has 1 saturated heterocycles. The lowest BCUT2D eigenvalue weighted by Gasteiger charge is -2.52. The smallest absolute Gasteiger partial charge is 0.125 e. The summed E-state index contributed by atoms with van der Waals surface area (Å²) >= 11 is 0. The molecule has 1 heterocycles. The van der Waals surface area contributed by atoms with Gasteiger partial charge in [0.1, 0.15) is 5.82 Å². The minimum Gasteiger partial charge on any atom is -0.397 e. The monoisotopic (exact) mass is 250 g/mol. The van der Waals surface area contributed by atoms with E-state index < -0.39 is 0 Å². The van der Waals surface area contributed by atoms with Crippen LogP contribution >= 0.6 is 0 Å². The van der Waals surface area contributed by atoms with Crippen molar-refractivity contribution in [1.82, 2.24) is 0 Å². The molecular formula is C15H23FN2. The Labute approximate surface area is 109 Å². The van der Waals surface area contributed by atoms with Crippen molar-refractivity contribution in [2.45, 2.75) is 39.5 Å². The van der Waals surface area contributed by atoms with Crippen molar-refractivity contribution in [3.63, 3.8) is 0 Å². The number of halogens is 1. The van der Waals surface area contributed by atoms with Crippen LogP contribution in [0.15, 0.2) is 18.2 Å². The quantitative estimate of drug-likeness (QED) is 0.805. The molecule has 0 bridgehead atoms. The topological polar surface area (TPSA) is 29.3 Å². The molecule has 2 N–H and O–H groups in total. The van der Waals surface area contributed by atoms with Gasteiger partial charge in [-0.2, -0.15) is 0 Å². The highest BCUT2D eigenvalue weighted by molar-refractivity contribution is 5.69. The summed E-state index contributed by atoms with van der Waals surface area (Å²) in [5.74, 6) is -0.206. The molecule has 0 atom stereocenters. The lowest BCUT2D eigenvalue weighted by Crippen LogP contribution is -2.56. The molecule has 1 aromatic carbocycles. The summed E-state index contributed by atoms with van der Waals surface area (Å²) in [4.78, 5) is 2.21. The van der Waals surface area contributed by atoms with Gasteiger partial charge in [0, 0.05) is 18.5 Å². The number of hydrogen-bond donors (Lipinski definition) is 1. The van der Waals surface area contributed by atoms with E-state index in [1.165, 1.54) is 31.7 Å². The second-order valence-electron chi connectivity index (χ2n) is 5.56. The van der Waals surface area contributed by atoms with E-state index in [1.54, 1.807) is 12.1 Å². The molecule has 0 aromatic heterocycles. The molecule has 0 aliphatic carbocycles. The summed E-state index contributed by atoms with van der Waals surface area (Å²) in [6.07, 6.45) is 4.94. The van der Waals surface area contributed by atoms with E-state index in [9.17, 15) is 4.39 Å². The van der Waals surface area contributed by atoms with Gasteiger partial charge in [-0.25, -0.2) is 4.39 Å². The Balaban J connectivity index is 2.08. The van der Waals surface area contributed by atoms with E-state index in [2.05, 4.69) is 18.7 Å². The molecular weight excluding hydrogens is 227 g/mol. The van der Waals surface area contributed by atoms with E-state index in [-0.39, 0.29) is 5.82 Å². The van der Waals surface area contributed by atoms with Gasteiger partial charge >= 0.3 is 0 Å². The van der Waals surface area contributed by atoms with E-state index in [1.807, 2.05) is 0 Å². The van der Waals surface area contributed by atoms with Gasteiger partial charge < -0.3 is 10.6 Å². The Morgan fingerprint density at radius 3 is 2.39 bits per heavy atom. The molecule has 1 aliphatic heterocycles. The first kappa shape index (κ1) is 13.2. The first-order chi connectivity index (χ1) is 8.60. The largest absolute Gasteiger partial charge is 0.397 e. The van der Waals surface area contributed by atoms with Crippen LogP contribution in [0.4, 0.5) is 15.8 Å². The maximum atomic E-state index is 13.3. The Kier molecular flexibility index (Phi) is 3.79. The molecule has 0 saturated carbocycles. The van der Waals surface area contributed by atoms with Gasteiger partial charge in [0.05, 0.1) is 11.4 Å². The average Bonchev–Trinajstić information content (AvgIpc) is 2.29. The van der Waals surface area contributed by atoms with E-state index in [4.69, 9.17) is 5.73 Å². The van der Waals surface area contributed by atoms with Crippen LogP contribution in [0.5, 0.6) is 0 Å². The molecule has 0 spiro atoms. The van der Waals surface area contributed by atoms with Gasteiger partial charge in [-0.3, -0.25) is 0 Å². The third-order valence-corrected chi connectivity index (χ3v) is 3.95. The zero-order chi connectivity index (χ0) is 13.2.